The quantitative estimate of drug-likeness (QED) is 0.229. The van der Waals surface area contributed by atoms with Gasteiger partial charge in [0.1, 0.15) is 0 Å². The summed E-state index contributed by atoms with van der Waals surface area (Å²) in [7, 11) is 0. The summed E-state index contributed by atoms with van der Waals surface area (Å²) >= 11 is 0. The number of nitriles is 1. The summed E-state index contributed by atoms with van der Waals surface area (Å²) < 4.78 is 0. The SMILES string of the molecule is N#CN[O]. The van der Waals surface area contributed by atoms with Gasteiger partial charge in [0.15, 0.2) is 0 Å². The Bertz CT molecular complexity index is 35.8. The summed E-state index contributed by atoms with van der Waals surface area (Å²) in [5, 5.41) is 15.9. The Hall–Kier alpha value is -0.750. The molecule has 0 amide bonds. The third kappa shape index (κ3) is 1.25. The Kier molecular flexibility index (Phi) is 1.83. The summed E-state index contributed by atoms with van der Waals surface area (Å²) in [4.78, 5) is 0. The van der Waals surface area contributed by atoms with Crippen LogP contribution in [0.4, 0.5) is 0 Å². The highest BCUT2D eigenvalue weighted by molar-refractivity contribution is 4.49. The van der Waals surface area contributed by atoms with Gasteiger partial charge in [-0.3, -0.25) is 0 Å². The second-order valence-corrected chi connectivity index (χ2v) is 0.214. The first-order valence-corrected chi connectivity index (χ1v) is 0.678. The molecule has 3 nitrogen and oxygen atoms in total. The predicted octanol–water partition coefficient (Wildman–Crippen LogP) is -0.597. The molecule has 1 radical (unpaired) electrons. The molecule has 3 heteroatoms. The van der Waals surface area contributed by atoms with Crippen LogP contribution in [0.3, 0.4) is 0 Å². The Morgan fingerprint density at radius 2 is 2.25 bits per heavy atom. The van der Waals surface area contributed by atoms with Crippen molar-refractivity contribution in [3.8, 4) is 6.19 Å². The fourth-order valence-electron chi connectivity index (χ4n) is 0. The van der Waals surface area contributed by atoms with E-state index in [4.69, 9.17) is 10.5 Å². The Morgan fingerprint density at radius 3 is 2.25 bits per heavy atom. The average molecular weight is 57.0 g/mol. The van der Waals surface area contributed by atoms with Gasteiger partial charge in [0.2, 0.25) is 6.19 Å². The van der Waals surface area contributed by atoms with Gasteiger partial charge in [0.05, 0.1) is 0 Å². The maximum atomic E-state index is 8.69. The van der Waals surface area contributed by atoms with Crippen molar-refractivity contribution in [1.82, 2.24) is 5.48 Å². The van der Waals surface area contributed by atoms with Crippen LogP contribution in [0.25, 0.3) is 0 Å². The zero-order valence-corrected chi connectivity index (χ0v) is 1.86. The first-order chi connectivity index (χ1) is 1.91. The lowest BCUT2D eigenvalue weighted by atomic mass is 11.5. The highest BCUT2D eigenvalue weighted by atomic mass is 16.5. The van der Waals surface area contributed by atoms with Crippen LogP contribution in [0.2, 0.25) is 0 Å². The molecular formula is CHN2O. The molecule has 4 heavy (non-hydrogen) atoms. The Labute approximate surface area is 23.4 Å². The molecule has 21 valence electrons. The van der Waals surface area contributed by atoms with Crippen molar-refractivity contribution in [1.29, 1.82) is 5.26 Å². The second-order valence-electron chi connectivity index (χ2n) is 0.214. The van der Waals surface area contributed by atoms with E-state index in [1.54, 1.807) is 0 Å². The zero-order chi connectivity index (χ0) is 3.41. The Morgan fingerprint density at radius 1 is 2.00 bits per heavy atom. The first-order valence-electron chi connectivity index (χ1n) is 0.678. The highest BCUT2D eigenvalue weighted by Gasteiger charge is 1.45. The molecule has 0 aliphatic rings. The maximum absolute atomic E-state index is 8.69. The predicted molar refractivity (Wildman–Crippen MR) is 9.44 cm³/mol. The molecule has 0 rings (SSSR count). The van der Waals surface area contributed by atoms with Crippen molar-refractivity contribution in [2.24, 2.45) is 0 Å². The van der Waals surface area contributed by atoms with Gasteiger partial charge in [-0.25, -0.2) is 0 Å². The van der Waals surface area contributed by atoms with Gasteiger partial charge in [-0.15, -0.1) is 0 Å². The van der Waals surface area contributed by atoms with Gasteiger partial charge in [-0.05, 0) is 0 Å². The number of hydrogen-bond acceptors (Lipinski definition) is 2. The molecule has 0 aromatic rings. The van der Waals surface area contributed by atoms with Crippen molar-refractivity contribution in [2.75, 3.05) is 0 Å². The summed E-state index contributed by atoms with van der Waals surface area (Å²) in [6, 6.07) is 0. The van der Waals surface area contributed by atoms with Gasteiger partial charge in [-0.2, -0.15) is 10.7 Å². The van der Waals surface area contributed by atoms with E-state index in [1.807, 2.05) is 0 Å². The topological polar surface area (TPSA) is 55.7 Å². The van der Waals surface area contributed by atoms with Crippen LogP contribution >= 0.6 is 0 Å². The second kappa shape index (κ2) is 2.25. The molecule has 0 heterocycles. The molecule has 0 saturated heterocycles. The number of hydrogen-bond donors (Lipinski definition) is 1. The number of nitrogens with zero attached hydrogens (tertiary/aromatic N) is 1. The molecule has 0 saturated carbocycles. The molecule has 0 aliphatic carbocycles. The van der Waals surface area contributed by atoms with Gasteiger partial charge >= 0.3 is 0 Å². The normalized spacial score (nSPS) is 4.00. The fraction of sp³-hybridized carbons (Fsp3) is 0. The number of hydroxylamine groups is 1. The summed E-state index contributed by atoms with van der Waals surface area (Å²) in [5.41, 5.74) is 0.986. The lowest BCUT2D eigenvalue weighted by molar-refractivity contribution is 0.122. The lowest BCUT2D eigenvalue weighted by Crippen LogP contribution is -1.87. The molecule has 0 bridgehead atoms. The van der Waals surface area contributed by atoms with E-state index in [0.717, 1.165) is 11.7 Å². The van der Waals surface area contributed by atoms with Crippen molar-refractivity contribution >= 4 is 0 Å². The minimum atomic E-state index is 0.986. The van der Waals surface area contributed by atoms with Crippen molar-refractivity contribution in [3.05, 3.63) is 0 Å². The molecule has 1 N–H and O–H groups in total. The van der Waals surface area contributed by atoms with Gasteiger partial charge < -0.3 is 0 Å². The highest BCUT2D eigenvalue weighted by Crippen LogP contribution is 1.18. The fourth-order valence-corrected chi connectivity index (χ4v) is 0. The van der Waals surface area contributed by atoms with Crippen LogP contribution in [-0.4, -0.2) is 0 Å². The van der Waals surface area contributed by atoms with E-state index < -0.39 is 0 Å². The maximum Gasteiger partial charge on any atom is 0.205 e. The van der Waals surface area contributed by atoms with E-state index >= 15 is 0 Å². The Balaban J connectivity index is 2.43. The number of nitrogens with one attached hydrogen (secondary N) is 1. The smallest absolute Gasteiger partial charge is 0.171 e. The third-order valence-electron chi connectivity index (χ3n) is 0.0456. The van der Waals surface area contributed by atoms with Crippen LogP contribution < -0.4 is 5.48 Å². The molecule has 0 aromatic carbocycles. The van der Waals surface area contributed by atoms with Gasteiger partial charge in [-0.1, -0.05) is 5.21 Å². The van der Waals surface area contributed by atoms with E-state index in [9.17, 15) is 0 Å². The minimum absolute atomic E-state index is 0.986. The summed E-state index contributed by atoms with van der Waals surface area (Å²) in [5.74, 6) is 0. The van der Waals surface area contributed by atoms with E-state index in [0.29, 0.717) is 0 Å². The van der Waals surface area contributed by atoms with Crippen LogP contribution in [-0.2, 0) is 5.21 Å². The monoisotopic (exact) mass is 57.0 g/mol. The number of rotatable bonds is 0. The zero-order valence-electron chi connectivity index (χ0n) is 1.86. The van der Waals surface area contributed by atoms with Crippen LogP contribution in [0.1, 0.15) is 0 Å². The third-order valence-corrected chi connectivity index (χ3v) is 0.0456. The largest absolute Gasteiger partial charge is 0.205 e. The standard InChI is InChI=1S/CHN2O/c2-1-3-4/h3H. The van der Waals surface area contributed by atoms with Crippen LogP contribution in [0.5, 0.6) is 0 Å². The minimum Gasteiger partial charge on any atom is -0.171 e. The summed E-state index contributed by atoms with van der Waals surface area (Å²) in [6.07, 6.45) is 1.12. The molecule has 0 unspecified atom stereocenters. The van der Waals surface area contributed by atoms with Crippen LogP contribution in [0.15, 0.2) is 0 Å². The van der Waals surface area contributed by atoms with Crippen LogP contribution in [0, 0.1) is 11.5 Å². The van der Waals surface area contributed by atoms with Crippen molar-refractivity contribution in [3.63, 3.8) is 0 Å². The van der Waals surface area contributed by atoms with Crippen molar-refractivity contribution in [2.45, 2.75) is 0 Å². The van der Waals surface area contributed by atoms with Gasteiger partial charge in [0.25, 0.3) is 0 Å². The molecule has 0 fully saturated rings. The first kappa shape index (κ1) is 3.25. The van der Waals surface area contributed by atoms with Gasteiger partial charge in [0, 0.05) is 0 Å². The molecule has 0 atom stereocenters. The molecule has 0 aromatic heterocycles. The van der Waals surface area contributed by atoms with E-state index in [2.05, 4.69) is 0 Å². The lowest BCUT2D eigenvalue weighted by Gasteiger charge is -1.53. The molecule has 0 spiro atoms. The van der Waals surface area contributed by atoms with E-state index in [1.165, 1.54) is 0 Å². The molecule has 0 aliphatic heterocycles. The van der Waals surface area contributed by atoms with E-state index in [-0.39, 0.29) is 0 Å². The summed E-state index contributed by atoms with van der Waals surface area (Å²) in [6.45, 7) is 0. The average Bonchev–Trinajstić information content (AvgIpc) is 1.37. The van der Waals surface area contributed by atoms with Crippen molar-refractivity contribution < 1.29 is 5.21 Å². The molecular weight excluding hydrogens is 56.0 g/mol.